The van der Waals surface area contributed by atoms with Gasteiger partial charge in [-0.05, 0) is 67.4 Å². The van der Waals surface area contributed by atoms with Crippen molar-refractivity contribution in [3.8, 4) is 5.69 Å². The van der Waals surface area contributed by atoms with Gasteiger partial charge in [0.2, 0.25) is 0 Å². The van der Waals surface area contributed by atoms with E-state index in [1.165, 1.54) is 58.2 Å². The fourth-order valence-electron chi connectivity index (χ4n) is 3.78. The van der Waals surface area contributed by atoms with Crippen molar-refractivity contribution in [3.05, 3.63) is 87.3 Å². The van der Waals surface area contributed by atoms with Gasteiger partial charge in [0.05, 0.1) is 28.2 Å². The lowest BCUT2D eigenvalue weighted by molar-refractivity contribution is -0.114. The minimum atomic E-state index is -0.406. The first-order valence-electron chi connectivity index (χ1n) is 10.9. The lowest BCUT2D eigenvalue weighted by Crippen LogP contribution is -2.22. The SMILES string of the molecule is CCCC1=NN(c2ccc(F)cc2)C(=O)/C1=C\c1c(CCC)[nH]n(-c2ccc(F)cc2)c1=O. The Hall–Kier alpha value is -3.81. The lowest BCUT2D eigenvalue weighted by Gasteiger charge is -2.11. The number of hydrogen-bond acceptors (Lipinski definition) is 3. The van der Waals surface area contributed by atoms with E-state index in [0.29, 0.717) is 46.8 Å². The minimum Gasteiger partial charge on any atom is -0.294 e. The summed E-state index contributed by atoms with van der Waals surface area (Å²) in [4.78, 5) is 26.5. The standard InChI is InChI=1S/C25H24F2N4O2/c1-3-5-22-20(24(32)30(28-22)18-11-7-16(26)8-12-18)15-21-23(6-4-2)29-31(25(21)33)19-13-9-17(27)10-14-19/h7-15,28H,3-6H2,1-2H3/b21-15-. The first kappa shape index (κ1) is 22.4. The highest BCUT2D eigenvalue weighted by molar-refractivity contribution is 6.32. The summed E-state index contributed by atoms with van der Waals surface area (Å²) in [5.41, 5.74) is 2.57. The van der Waals surface area contributed by atoms with Crippen LogP contribution >= 0.6 is 0 Å². The number of carbonyl (C=O) groups is 1. The smallest absolute Gasteiger partial charge is 0.280 e. The van der Waals surface area contributed by atoms with Crippen LogP contribution in [0.1, 0.15) is 44.4 Å². The summed E-state index contributed by atoms with van der Waals surface area (Å²) in [6.45, 7) is 3.97. The zero-order valence-corrected chi connectivity index (χ0v) is 18.4. The number of aromatic amines is 1. The molecule has 1 aromatic heterocycles. The molecule has 0 aliphatic carbocycles. The number of nitrogens with one attached hydrogen (secondary N) is 1. The quantitative estimate of drug-likeness (QED) is 0.516. The van der Waals surface area contributed by atoms with E-state index in [1.54, 1.807) is 6.08 Å². The maximum absolute atomic E-state index is 13.4. The topological polar surface area (TPSA) is 70.5 Å². The number of benzene rings is 2. The zero-order chi connectivity index (χ0) is 23.5. The van der Waals surface area contributed by atoms with Crippen molar-refractivity contribution >= 4 is 23.4 Å². The molecule has 170 valence electrons. The molecule has 4 rings (SSSR count). The monoisotopic (exact) mass is 450 g/mol. The molecule has 0 saturated heterocycles. The molecule has 3 aromatic rings. The van der Waals surface area contributed by atoms with Gasteiger partial charge in [-0.2, -0.15) is 10.1 Å². The van der Waals surface area contributed by atoms with Gasteiger partial charge >= 0.3 is 0 Å². The van der Waals surface area contributed by atoms with Crippen LogP contribution in [0.2, 0.25) is 0 Å². The minimum absolute atomic E-state index is 0.332. The van der Waals surface area contributed by atoms with Crippen LogP contribution in [0.3, 0.4) is 0 Å². The second-order valence-corrected chi connectivity index (χ2v) is 7.82. The molecular formula is C25H24F2N4O2. The van der Waals surface area contributed by atoms with E-state index in [9.17, 15) is 18.4 Å². The molecular weight excluding hydrogens is 426 g/mol. The number of carbonyl (C=O) groups excluding carboxylic acids is 1. The van der Waals surface area contributed by atoms with Gasteiger partial charge in [-0.15, -0.1) is 0 Å². The van der Waals surface area contributed by atoms with E-state index in [4.69, 9.17) is 0 Å². The molecule has 0 spiro atoms. The molecule has 0 unspecified atom stereocenters. The molecule has 6 nitrogen and oxygen atoms in total. The van der Waals surface area contributed by atoms with Crippen LogP contribution in [-0.2, 0) is 11.2 Å². The Kier molecular flexibility index (Phi) is 6.35. The predicted octanol–water partition coefficient (Wildman–Crippen LogP) is 4.98. The van der Waals surface area contributed by atoms with E-state index < -0.39 is 11.6 Å². The molecule has 1 amide bonds. The van der Waals surface area contributed by atoms with Crippen molar-refractivity contribution in [1.29, 1.82) is 0 Å². The van der Waals surface area contributed by atoms with Crippen LogP contribution < -0.4 is 10.6 Å². The molecule has 0 atom stereocenters. The van der Waals surface area contributed by atoms with Crippen LogP contribution in [0, 0.1) is 11.6 Å². The Balaban J connectivity index is 1.80. The molecule has 0 fully saturated rings. The summed E-state index contributed by atoms with van der Waals surface area (Å²) >= 11 is 0. The lowest BCUT2D eigenvalue weighted by atomic mass is 10.0. The number of aromatic nitrogens is 2. The number of aryl methyl sites for hydroxylation is 1. The molecule has 2 heterocycles. The normalized spacial score (nSPS) is 14.9. The third kappa shape index (κ3) is 4.41. The van der Waals surface area contributed by atoms with E-state index in [1.807, 2.05) is 13.8 Å². The highest BCUT2D eigenvalue weighted by Crippen LogP contribution is 2.27. The summed E-state index contributed by atoms with van der Waals surface area (Å²) in [6.07, 6.45) is 4.28. The first-order valence-corrected chi connectivity index (χ1v) is 10.9. The number of nitrogens with zero attached hydrogens (tertiary/aromatic N) is 3. The highest BCUT2D eigenvalue weighted by atomic mass is 19.1. The molecule has 1 aliphatic heterocycles. The molecule has 8 heteroatoms. The second kappa shape index (κ2) is 9.36. The van der Waals surface area contributed by atoms with E-state index in [2.05, 4.69) is 10.2 Å². The predicted molar refractivity (Wildman–Crippen MR) is 125 cm³/mol. The van der Waals surface area contributed by atoms with Crippen LogP contribution in [0.4, 0.5) is 14.5 Å². The Morgan fingerprint density at radius 3 is 2.03 bits per heavy atom. The van der Waals surface area contributed by atoms with Crippen molar-refractivity contribution in [3.63, 3.8) is 0 Å². The first-order chi connectivity index (χ1) is 15.9. The maximum Gasteiger partial charge on any atom is 0.280 e. The average molecular weight is 450 g/mol. The summed E-state index contributed by atoms with van der Waals surface area (Å²) in [6, 6.07) is 11.1. The molecule has 1 N–H and O–H groups in total. The Morgan fingerprint density at radius 1 is 0.879 bits per heavy atom. The third-order valence-electron chi connectivity index (χ3n) is 5.39. The van der Waals surface area contributed by atoms with Crippen LogP contribution in [0.15, 0.2) is 64.0 Å². The Labute approximate surface area is 189 Å². The molecule has 0 radical (unpaired) electrons. The number of anilines is 1. The summed E-state index contributed by atoms with van der Waals surface area (Å²) in [5, 5.41) is 8.80. The van der Waals surface area contributed by atoms with Gasteiger partial charge < -0.3 is 0 Å². The third-order valence-corrected chi connectivity index (χ3v) is 5.39. The Morgan fingerprint density at radius 2 is 1.45 bits per heavy atom. The van der Waals surface area contributed by atoms with Crippen molar-refractivity contribution in [2.75, 3.05) is 5.01 Å². The number of halogens is 2. The number of rotatable bonds is 7. The molecule has 33 heavy (non-hydrogen) atoms. The summed E-state index contributed by atoms with van der Waals surface area (Å²) in [7, 11) is 0. The van der Waals surface area contributed by atoms with Crippen molar-refractivity contribution in [1.82, 2.24) is 9.78 Å². The van der Waals surface area contributed by atoms with E-state index in [0.717, 1.165) is 12.8 Å². The van der Waals surface area contributed by atoms with Crippen molar-refractivity contribution in [2.24, 2.45) is 5.10 Å². The highest BCUT2D eigenvalue weighted by Gasteiger charge is 2.31. The van der Waals surface area contributed by atoms with Gasteiger partial charge in [-0.1, -0.05) is 26.7 Å². The number of hydrogen-bond donors (Lipinski definition) is 1. The average Bonchev–Trinajstić information content (AvgIpc) is 3.27. The molecule has 0 bridgehead atoms. The van der Waals surface area contributed by atoms with Crippen LogP contribution in [-0.4, -0.2) is 21.4 Å². The number of H-pyrrole nitrogens is 1. The molecule has 1 aliphatic rings. The summed E-state index contributed by atoms with van der Waals surface area (Å²) < 4.78 is 28.1. The largest absolute Gasteiger partial charge is 0.294 e. The van der Waals surface area contributed by atoms with Gasteiger partial charge in [0.1, 0.15) is 11.6 Å². The van der Waals surface area contributed by atoms with Gasteiger partial charge in [0.25, 0.3) is 11.5 Å². The van der Waals surface area contributed by atoms with Gasteiger partial charge in [-0.3, -0.25) is 14.7 Å². The van der Waals surface area contributed by atoms with Gasteiger partial charge in [0, 0.05) is 5.69 Å². The van der Waals surface area contributed by atoms with Gasteiger partial charge in [0.15, 0.2) is 0 Å². The van der Waals surface area contributed by atoms with Crippen molar-refractivity contribution < 1.29 is 13.6 Å². The zero-order valence-electron chi connectivity index (χ0n) is 18.4. The number of hydrazone groups is 1. The van der Waals surface area contributed by atoms with Crippen molar-refractivity contribution in [2.45, 2.75) is 39.5 Å². The van der Waals surface area contributed by atoms with E-state index in [-0.39, 0.29) is 11.5 Å². The Bertz CT molecular complexity index is 1290. The number of amides is 1. The fourth-order valence-corrected chi connectivity index (χ4v) is 3.78. The van der Waals surface area contributed by atoms with Gasteiger partial charge in [-0.25, -0.2) is 13.5 Å². The summed E-state index contributed by atoms with van der Waals surface area (Å²) in [5.74, 6) is -1.18. The van der Waals surface area contributed by atoms with E-state index >= 15 is 0 Å². The second-order valence-electron chi connectivity index (χ2n) is 7.82. The fraction of sp³-hybridized carbons (Fsp3) is 0.240. The van der Waals surface area contributed by atoms with Crippen LogP contribution in [0.25, 0.3) is 11.8 Å². The molecule has 2 aromatic carbocycles. The van der Waals surface area contributed by atoms with Crippen LogP contribution in [0.5, 0.6) is 0 Å². The maximum atomic E-state index is 13.4. The molecule has 0 saturated carbocycles.